The smallest absolute Gasteiger partial charge is 0.190 e. The molecule has 4 nitrogen and oxygen atoms in total. The lowest BCUT2D eigenvalue weighted by atomic mass is 10.3. The van der Waals surface area contributed by atoms with E-state index in [1.54, 1.807) is 11.0 Å². The Morgan fingerprint density at radius 1 is 1.00 bits per heavy atom. The zero-order valence-corrected chi connectivity index (χ0v) is 10.9. The van der Waals surface area contributed by atoms with Crippen LogP contribution in [0.15, 0.2) is 60.9 Å². The van der Waals surface area contributed by atoms with E-state index in [2.05, 4.69) is 15.7 Å². The molecule has 19 heavy (non-hydrogen) atoms. The van der Waals surface area contributed by atoms with Crippen molar-refractivity contribution in [3.05, 3.63) is 60.9 Å². The van der Waals surface area contributed by atoms with Crippen LogP contribution in [0.25, 0.3) is 11.0 Å². The van der Waals surface area contributed by atoms with Crippen molar-refractivity contribution in [3.63, 3.8) is 0 Å². The van der Waals surface area contributed by atoms with Gasteiger partial charge in [-0.3, -0.25) is 5.43 Å². The maximum absolute atomic E-state index is 5.28. The lowest BCUT2D eigenvalue weighted by Crippen LogP contribution is -2.26. The molecule has 0 spiro atoms. The Balaban J connectivity index is 1.76. The molecule has 0 aliphatic carbocycles. The fourth-order valence-corrected chi connectivity index (χ4v) is 2.05. The first kappa shape index (κ1) is 11.7. The number of benzene rings is 2. The number of para-hydroxylation sites is 3. The molecule has 3 rings (SSSR count). The predicted molar refractivity (Wildman–Crippen MR) is 81.8 cm³/mol. The second-order valence-corrected chi connectivity index (χ2v) is 4.44. The molecule has 0 fully saturated rings. The molecule has 1 aromatic heterocycles. The summed E-state index contributed by atoms with van der Waals surface area (Å²) in [6, 6.07) is 17.7. The van der Waals surface area contributed by atoms with Crippen molar-refractivity contribution >= 4 is 34.1 Å². The first-order valence-electron chi connectivity index (χ1n) is 5.88. The van der Waals surface area contributed by atoms with E-state index >= 15 is 0 Å². The van der Waals surface area contributed by atoms with Crippen molar-refractivity contribution in [3.8, 4) is 0 Å². The molecule has 94 valence electrons. The Kier molecular flexibility index (Phi) is 3.12. The number of rotatable bonds is 2. The molecule has 3 aromatic rings. The lowest BCUT2D eigenvalue weighted by molar-refractivity contribution is 1.01. The van der Waals surface area contributed by atoms with Crippen LogP contribution in [0.3, 0.4) is 0 Å². The van der Waals surface area contributed by atoms with Gasteiger partial charge in [-0.2, -0.15) is 0 Å². The normalized spacial score (nSPS) is 10.3. The van der Waals surface area contributed by atoms with Crippen LogP contribution < -0.4 is 10.7 Å². The van der Waals surface area contributed by atoms with Crippen LogP contribution in [0.1, 0.15) is 0 Å². The van der Waals surface area contributed by atoms with E-state index < -0.39 is 0 Å². The van der Waals surface area contributed by atoms with E-state index in [1.807, 2.05) is 54.6 Å². The van der Waals surface area contributed by atoms with E-state index in [0.29, 0.717) is 5.11 Å². The van der Waals surface area contributed by atoms with Gasteiger partial charge in [0, 0.05) is 5.69 Å². The third kappa shape index (κ3) is 2.56. The highest BCUT2D eigenvalue weighted by Crippen LogP contribution is 2.10. The van der Waals surface area contributed by atoms with Crippen LogP contribution >= 0.6 is 12.2 Å². The van der Waals surface area contributed by atoms with Gasteiger partial charge in [0.05, 0.1) is 11.0 Å². The molecule has 0 saturated heterocycles. The Labute approximate surface area is 116 Å². The summed E-state index contributed by atoms with van der Waals surface area (Å²) in [4.78, 5) is 4.29. The van der Waals surface area contributed by atoms with Crippen molar-refractivity contribution < 1.29 is 0 Å². The Bertz CT molecular complexity index is 706. The van der Waals surface area contributed by atoms with Crippen molar-refractivity contribution in [2.45, 2.75) is 0 Å². The summed E-state index contributed by atoms with van der Waals surface area (Å²) in [6.45, 7) is 0. The number of anilines is 1. The van der Waals surface area contributed by atoms with Gasteiger partial charge in [0.1, 0.15) is 6.33 Å². The summed E-state index contributed by atoms with van der Waals surface area (Å²) < 4.78 is 1.80. The van der Waals surface area contributed by atoms with Gasteiger partial charge in [-0.15, -0.1) is 0 Å². The third-order valence-corrected chi connectivity index (χ3v) is 2.90. The number of aromatic nitrogens is 2. The molecule has 0 radical (unpaired) electrons. The fraction of sp³-hybridized carbons (Fsp3) is 0. The molecule has 0 unspecified atom stereocenters. The average molecular weight is 268 g/mol. The summed E-state index contributed by atoms with van der Waals surface area (Å²) in [5.74, 6) is 0. The van der Waals surface area contributed by atoms with Gasteiger partial charge in [0.15, 0.2) is 5.11 Å². The van der Waals surface area contributed by atoms with E-state index in [0.717, 1.165) is 16.7 Å². The molecular weight excluding hydrogens is 256 g/mol. The molecule has 2 N–H and O–H groups in total. The molecule has 1 heterocycles. The largest absolute Gasteiger partial charge is 0.331 e. The number of thiocarbonyl (C=S) groups is 1. The van der Waals surface area contributed by atoms with E-state index in [9.17, 15) is 0 Å². The monoisotopic (exact) mass is 268 g/mol. The number of nitrogens with zero attached hydrogens (tertiary/aromatic N) is 2. The second kappa shape index (κ2) is 5.07. The summed E-state index contributed by atoms with van der Waals surface area (Å²) in [7, 11) is 0. The minimum absolute atomic E-state index is 0.523. The van der Waals surface area contributed by atoms with Crippen LogP contribution in [0.4, 0.5) is 5.69 Å². The minimum atomic E-state index is 0.523. The second-order valence-electron chi connectivity index (χ2n) is 4.04. The topological polar surface area (TPSA) is 41.9 Å². The average Bonchev–Trinajstić information content (AvgIpc) is 2.83. The van der Waals surface area contributed by atoms with Gasteiger partial charge in [-0.05, 0) is 36.5 Å². The van der Waals surface area contributed by atoms with Crippen LogP contribution in [0.5, 0.6) is 0 Å². The SMILES string of the molecule is S=C(Nc1ccccc1)Nn1cnc2ccccc21. The number of hydrogen-bond acceptors (Lipinski definition) is 2. The first-order chi connectivity index (χ1) is 9.33. The van der Waals surface area contributed by atoms with E-state index in [-0.39, 0.29) is 0 Å². The quantitative estimate of drug-likeness (QED) is 0.701. The minimum Gasteiger partial charge on any atom is -0.331 e. The molecule has 0 amide bonds. The molecule has 0 bridgehead atoms. The van der Waals surface area contributed by atoms with Gasteiger partial charge in [-0.1, -0.05) is 30.3 Å². The maximum atomic E-state index is 5.28. The molecular formula is C14H12N4S. The van der Waals surface area contributed by atoms with Crippen LogP contribution in [-0.4, -0.2) is 14.8 Å². The summed E-state index contributed by atoms with van der Waals surface area (Å²) in [6.07, 6.45) is 1.71. The fourth-order valence-electron chi connectivity index (χ4n) is 1.84. The van der Waals surface area contributed by atoms with Crippen molar-refractivity contribution in [1.29, 1.82) is 0 Å². The highest BCUT2D eigenvalue weighted by molar-refractivity contribution is 7.80. The molecule has 5 heteroatoms. The van der Waals surface area contributed by atoms with Crippen molar-refractivity contribution in [1.82, 2.24) is 9.66 Å². The predicted octanol–water partition coefficient (Wildman–Crippen LogP) is 2.98. The maximum Gasteiger partial charge on any atom is 0.190 e. The molecule has 0 atom stereocenters. The van der Waals surface area contributed by atoms with Crippen LogP contribution in [-0.2, 0) is 0 Å². The van der Waals surface area contributed by atoms with Gasteiger partial charge >= 0.3 is 0 Å². The molecule has 0 aliphatic rings. The van der Waals surface area contributed by atoms with Crippen LogP contribution in [0, 0.1) is 0 Å². The number of fused-ring (bicyclic) bond motifs is 1. The lowest BCUT2D eigenvalue weighted by Gasteiger charge is -2.11. The Hall–Kier alpha value is -2.40. The summed E-state index contributed by atoms with van der Waals surface area (Å²) in [5.41, 5.74) is 5.95. The molecule has 0 saturated carbocycles. The zero-order chi connectivity index (χ0) is 13.1. The summed E-state index contributed by atoms with van der Waals surface area (Å²) in [5, 5.41) is 3.64. The highest BCUT2D eigenvalue weighted by atomic mass is 32.1. The van der Waals surface area contributed by atoms with Gasteiger partial charge in [0.2, 0.25) is 0 Å². The number of nitrogens with one attached hydrogen (secondary N) is 2. The standard InChI is InChI=1S/C14H12N4S/c19-14(16-11-6-2-1-3-7-11)17-18-10-15-12-8-4-5-9-13(12)18/h1-10H,(H2,16,17,19). The zero-order valence-electron chi connectivity index (χ0n) is 10.1. The third-order valence-electron chi connectivity index (χ3n) is 2.71. The van der Waals surface area contributed by atoms with Crippen molar-refractivity contribution in [2.75, 3.05) is 10.7 Å². The summed E-state index contributed by atoms with van der Waals surface area (Å²) >= 11 is 5.28. The van der Waals surface area contributed by atoms with E-state index in [4.69, 9.17) is 12.2 Å². The Morgan fingerprint density at radius 2 is 1.74 bits per heavy atom. The van der Waals surface area contributed by atoms with E-state index in [1.165, 1.54) is 0 Å². The number of imidazole rings is 1. The highest BCUT2D eigenvalue weighted by Gasteiger charge is 2.02. The van der Waals surface area contributed by atoms with Gasteiger partial charge in [-0.25, -0.2) is 9.66 Å². The molecule has 0 aliphatic heterocycles. The number of hydrogen-bond donors (Lipinski definition) is 2. The Morgan fingerprint density at radius 3 is 2.58 bits per heavy atom. The molecule has 2 aromatic carbocycles. The van der Waals surface area contributed by atoms with Gasteiger partial charge < -0.3 is 5.32 Å². The first-order valence-corrected chi connectivity index (χ1v) is 6.29. The van der Waals surface area contributed by atoms with Gasteiger partial charge in [0.25, 0.3) is 0 Å². The van der Waals surface area contributed by atoms with Crippen LogP contribution in [0.2, 0.25) is 0 Å². The van der Waals surface area contributed by atoms with Crippen molar-refractivity contribution in [2.24, 2.45) is 0 Å².